The van der Waals surface area contributed by atoms with Crippen molar-refractivity contribution in [1.82, 2.24) is 4.90 Å². The van der Waals surface area contributed by atoms with Crippen molar-refractivity contribution in [2.45, 2.75) is 6.54 Å². The fourth-order valence-corrected chi connectivity index (χ4v) is 2.95. The second-order valence-corrected chi connectivity index (χ2v) is 6.53. The SMILES string of the molecule is C=C(CN(C)Cc1ccccc1)C(=O)C(=Cc1ccco1)c1ccccc1.Cl. The molecule has 0 aliphatic rings. The summed E-state index contributed by atoms with van der Waals surface area (Å²) in [7, 11) is 1.99. The number of allylic oxidation sites excluding steroid dienone is 1. The average Bonchev–Trinajstić information content (AvgIpc) is 3.20. The third kappa shape index (κ3) is 5.81. The molecule has 28 heavy (non-hydrogen) atoms. The monoisotopic (exact) mass is 393 g/mol. The molecule has 0 saturated carbocycles. The first kappa shape index (κ1) is 21.4. The highest BCUT2D eigenvalue weighted by Gasteiger charge is 2.17. The number of benzene rings is 2. The normalized spacial score (nSPS) is 11.1. The van der Waals surface area contributed by atoms with Crippen LogP contribution in [0.4, 0.5) is 0 Å². The highest BCUT2D eigenvalue weighted by Crippen LogP contribution is 2.22. The third-order valence-corrected chi connectivity index (χ3v) is 4.24. The highest BCUT2D eigenvalue weighted by atomic mass is 35.5. The van der Waals surface area contributed by atoms with Crippen LogP contribution in [0.2, 0.25) is 0 Å². The van der Waals surface area contributed by atoms with E-state index in [4.69, 9.17) is 4.42 Å². The number of nitrogens with zero attached hydrogens (tertiary/aromatic N) is 1. The molecule has 1 heterocycles. The van der Waals surface area contributed by atoms with E-state index in [1.54, 1.807) is 18.4 Å². The maximum absolute atomic E-state index is 13.1. The van der Waals surface area contributed by atoms with Gasteiger partial charge in [-0.1, -0.05) is 67.2 Å². The van der Waals surface area contributed by atoms with Crippen LogP contribution in [-0.2, 0) is 11.3 Å². The summed E-state index contributed by atoms with van der Waals surface area (Å²) in [5.74, 6) is 0.574. The Hall–Kier alpha value is -2.88. The molecule has 0 amide bonds. The Morgan fingerprint density at radius 3 is 2.25 bits per heavy atom. The lowest BCUT2D eigenvalue weighted by atomic mass is 9.96. The number of hydrogen-bond acceptors (Lipinski definition) is 3. The zero-order valence-corrected chi connectivity index (χ0v) is 16.7. The smallest absolute Gasteiger partial charge is 0.190 e. The van der Waals surface area contributed by atoms with E-state index in [9.17, 15) is 4.79 Å². The molecule has 0 bridgehead atoms. The first-order chi connectivity index (χ1) is 13.1. The molecule has 144 valence electrons. The number of halogens is 1. The van der Waals surface area contributed by atoms with E-state index in [1.165, 1.54) is 5.56 Å². The number of hydrogen-bond donors (Lipinski definition) is 0. The summed E-state index contributed by atoms with van der Waals surface area (Å²) >= 11 is 0. The van der Waals surface area contributed by atoms with E-state index in [-0.39, 0.29) is 18.2 Å². The minimum absolute atomic E-state index is 0. The van der Waals surface area contributed by atoms with Gasteiger partial charge in [-0.05, 0) is 36.4 Å². The molecule has 4 heteroatoms. The largest absolute Gasteiger partial charge is 0.465 e. The van der Waals surface area contributed by atoms with Gasteiger partial charge in [0.1, 0.15) is 5.76 Å². The van der Waals surface area contributed by atoms with E-state index < -0.39 is 0 Å². The summed E-state index contributed by atoms with van der Waals surface area (Å²) in [5, 5.41) is 0. The zero-order valence-electron chi connectivity index (χ0n) is 15.9. The molecule has 0 unspecified atom stereocenters. The Bertz CT molecular complexity index is 916. The summed E-state index contributed by atoms with van der Waals surface area (Å²) in [6.07, 6.45) is 3.38. The van der Waals surface area contributed by atoms with Gasteiger partial charge < -0.3 is 4.42 Å². The summed E-state index contributed by atoms with van der Waals surface area (Å²) in [6, 6.07) is 23.4. The Morgan fingerprint density at radius 2 is 1.64 bits per heavy atom. The third-order valence-electron chi connectivity index (χ3n) is 4.24. The molecule has 2 aromatic carbocycles. The van der Waals surface area contributed by atoms with E-state index in [1.807, 2.05) is 61.6 Å². The first-order valence-electron chi connectivity index (χ1n) is 8.89. The van der Waals surface area contributed by atoms with Crippen molar-refractivity contribution in [1.29, 1.82) is 0 Å². The van der Waals surface area contributed by atoms with Gasteiger partial charge in [-0.25, -0.2) is 0 Å². The number of rotatable bonds is 8. The zero-order chi connectivity index (χ0) is 19.1. The fourth-order valence-electron chi connectivity index (χ4n) is 2.95. The summed E-state index contributed by atoms with van der Waals surface area (Å²) in [4.78, 5) is 15.2. The van der Waals surface area contributed by atoms with Crippen molar-refractivity contribution in [2.24, 2.45) is 0 Å². The first-order valence-corrected chi connectivity index (χ1v) is 8.89. The minimum atomic E-state index is -0.0717. The van der Waals surface area contributed by atoms with Crippen LogP contribution >= 0.6 is 12.4 Å². The van der Waals surface area contributed by atoms with Gasteiger partial charge in [-0.2, -0.15) is 0 Å². The van der Waals surface area contributed by atoms with Crippen LogP contribution in [-0.4, -0.2) is 24.3 Å². The predicted octanol–water partition coefficient (Wildman–Crippen LogP) is 5.50. The fraction of sp³-hybridized carbons (Fsp3) is 0.125. The van der Waals surface area contributed by atoms with Crippen LogP contribution in [0.25, 0.3) is 11.6 Å². The molecule has 0 spiro atoms. The topological polar surface area (TPSA) is 33.5 Å². The number of Topliss-reactive ketones (excluding diaryl/α,β-unsaturated/α-hetero) is 1. The Labute approximate surface area is 172 Å². The Balaban J connectivity index is 0.00000280. The molecule has 0 radical (unpaired) electrons. The molecule has 3 aromatic rings. The van der Waals surface area contributed by atoms with Crippen molar-refractivity contribution >= 4 is 29.8 Å². The highest BCUT2D eigenvalue weighted by molar-refractivity contribution is 6.32. The molecule has 0 fully saturated rings. The Morgan fingerprint density at radius 1 is 1.00 bits per heavy atom. The predicted molar refractivity (Wildman–Crippen MR) is 117 cm³/mol. The van der Waals surface area contributed by atoms with Crippen LogP contribution in [0.5, 0.6) is 0 Å². The van der Waals surface area contributed by atoms with Gasteiger partial charge in [-0.15, -0.1) is 12.4 Å². The summed E-state index contributed by atoms with van der Waals surface area (Å²) < 4.78 is 5.41. The van der Waals surface area contributed by atoms with Crippen LogP contribution < -0.4 is 0 Å². The molecule has 3 rings (SSSR count). The quantitative estimate of drug-likeness (QED) is 0.474. The van der Waals surface area contributed by atoms with Crippen molar-refractivity contribution in [3.05, 3.63) is 108 Å². The van der Waals surface area contributed by atoms with E-state index in [0.29, 0.717) is 23.5 Å². The van der Waals surface area contributed by atoms with Gasteiger partial charge in [0.25, 0.3) is 0 Å². The second kappa shape index (κ2) is 10.5. The number of likely N-dealkylation sites (N-methyl/N-ethyl adjacent to an activating group) is 1. The standard InChI is InChI=1S/C24H23NO2.ClH/c1-19(17-25(2)18-20-10-5-3-6-11-20)24(26)23(16-22-14-9-15-27-22)21-12-7-4-8-13-21;/h3-16H,1,17-18H2,2H3;1H. The lowest BCUT2D eigenvalue weighted by molar-refractivity contribution is -0.110. The number of furan rings is 1. The summed E-state index contributed by atoms with van der Waals surface area (Å²) in [6.45, 7) is 5.30. The van der Waals surface area contributed by atoms with Crippen molar-refractivity contribution in [3.8, 4) is 0 Å². The maximum Gasteiger partial charge on any atom is 0.190 e. The lowest BCUT2D eigenvalue weighted by Crippen LogP contribution is -2.23. The molecule has 0 atom stereocenters. The molecular formula is C24H24ClNO2. The molecule has 1 aromatic heterocycles. The van der Waals surface area contributed by atoms with Gasteiger partial charge in [-0.3, -0.25) is 9.69 Å². The van der Waals surface area contributed by atoms with E-state index in [0.717, 1.165) is 12.1 Å². The van der Waals surface area contributed by atoms with Crippen LogP contribution in [0.3, 0.4) is 0 Å². The van der Waals surface area contributed by atoms with Gasteiger partial charge in [0.05, 0.1) is 6.26 Å². The molecule has 0 N–H and O–H groups in total. The maximum atomic E-state index is 13.1. The van der Waals surface area contributed by atoms with Crippen LogP contribution in [0, 0.1) is 0 Å². The summed E-state index contributed by atoms with van der Waals surface area (Å²) in [5.41, 5.74) is 3.19. The Kier molecular flexibility index (Phi) is 8.00. The van der Waals surface area contributed by atoms with Crippen molar-refractivity contribution in [3.63, 3.8) is 0 Å². The molecule has 0 saturated heterocycles. The second-order valence-electron chi connectivity index (χ2n) is 6.53. The van der Waals surface area contributed by atoms with E-state index >= 15 is 0 Å². The number of carbonyl (C=O) groups is 1. The number of carbonyl (C=O) groups excluding carboxylic acids is 1. The van der Waals surface area contributed by atoms with Crippen LogP contribution in [0.1, 0.15) is 16.9 Å². The van der Waals surface area contributed by atoms with Gasteiger partial charge >= 0.3 is 0 Å². The average molecular weight is 394 g/mol. The molecule has 0 aliphatic heterocycles. The van der Waals surface area contributed by atoms with Gasteiger partial charge in [0, 0.05) is 24.2 Å². The lowest BCUT2D eigenvalue weighted by Gasteiger charge is -2.18. The van der Waals surface area contributed by atoms with Gasteiger partial charge in [0.15, 0.2) is 5.78 Å². The molecule has 3 nitrogen and oxygen atoms in total. The number of ketones is 1. The molecule has 0 aliphatic carbocycles. The van der Waals surface area contributed by atoms with Crippen molar-refractivity contribution < 1.29 is 9.21 Å². The minimum Gasteiger partial charge on any atom is -0.465 e. The molecular weight excluding hydrogens is 370 g/mol. The van der Waals surface area contributed by atoms with Crippen molar-refractivity contribution in [2.75, 3.05) is 13.6 Å². The van der Waals surface area contributed by atoms with Crippen LogP contribution in [0.15, 0.2) is 95.6 Å². The van der Waals surface area contributed by atoms with E-state index in [2.05, 4.69) is 23.6 Å². The van der Waals surface area contributed by atoms with Gasteiger partial charge in [0.2, 0.25) is 0 Å².